The summed E-state index contributed by atoms with van der Waals surface area (Å²) in [6.07, 6.45) is 1.46. The van der Waals surface area contributed by atoms with Gasteiger partial charge < -0.3 is 29.8 Å². The number of para-hydroxylation sites is 1. The Balaban J connectivity index is 2.00. The Morgan fingerprint density at radius 1 is 1.23 bits per heavy atom. The number of hydrogen-bond acceptors (Lipinski definition) is 8. The summed E-state index contributed by atoms with van der Waals surface area (Å²) in [5.74, 6) is -1.15. The highest BCUT2D eigenvalue weighted by Gasteiger charge is 2.17. The molecule has 0 unspecified atom stereocenters. The van der Waals surface area contributed by atoms with Crippen LogP contribution < -0.4 is 10.6 Å². The molecule has 0 spiro atoms. The first-order valence-corrected chi connectivity index (χ1v) is 10.6. The number of aliphatic hydroxyl groups is 1. The molecule has 3 N–H and O–H groups in total. The molecule has 1 aromatic carbocycles. The van der Waals surface area contributed by atoms with Crippen molar-refractivity contribution in [3.05, 3.63) is 41.7 Å². The summed E-state index contributed by atoms with van der Waals surface area (Å²) in [5.41, 5.74) is 1.07. The first-order chi connectivity index (χ1) is 15.0. The van der Waals surface area contributed by atoms with Gasteiger partial charge in [0.25, 0.3) is 0 Å². The summed E-state index contributed by atoms with van der Waals surface area (Å²) in [7, 11) is 1.54. The molecule has 31 heavy (non-hydrogen) atoms. The molecule has 168 valence electrons. The van der Waals surface area contributed by atoms with Crippen molar-refractivity contribution in [2.24, 2.45) is 0 Å². The van der Waals surface area contributed by atoms with Crippen molar-refractivity contribution in [2.45, 2.75) is 25.2 Å². The van der Waals surface area contributed by atoms with Crippen molar-refractivity contribution in [3.63, 3.8) is 0 Å². The van der Waals surface area contributed by atoms with Crippen molar-refractivity contribution in [1.82, 2.24) is 14.9 Å². The van der Waals surface area contributed by atoms with Crippen LogP contribution in [0.4, 0.5) is 5.69 Å². The number of nitrogens with one attached hydrogen (secondary N) is 2. The minimum atomic E-state index is -0.520. The third kappa shape index (κ3) is 7.39. The number of amides is 2. The molecule has 0 aliphatic rings. The number of ether oxygens (including phenoxy) is 2. The van der Waals surface area contributed by atoms with Gasteiger partial charge in [-0.15, -0.1) is 0 Å². The van der Waals surface area contributed by atoms with Crippen LogP contribution in [0, 0.1) is 0 Å². The minimum Gasteiger partial charge on any atom is -0.462 e. The lowest BCUT2D eigenvalue weighted by molar-refractivity contribution is -0.122. The van der Waals surface area contributed by atoms with Crippen LogP contribution in [-0.2, 0) is 32.2 Å². The summed E-state index contributed by atoms with van der Waals surface area (Å²) < 4.78 is 11.4. The Bertz CT molecular complexity index is 902. The molecule has 2 amide bonds. The van der Waals surface area contributed by atoms with E-state index < -0.39 is 5.97 Å². The third-order valence-corrected chi connectivity index (χ3v) is 5.01. The molecule has 0 saturated carbocycles. The first-order valence-electron chi connectivity index (χ1n) is 9.59. The third-order valence-electron chi connectivity index (χ3n) is 4.02. The van der Waals surface area contributed by atoms with Crippen LogP contribution in [0.2, 0.25) is 0 Å². The van der Waals surface area contributed by atoms with Gasteiger partial charge in [-0.3, -0.25) is 9.59 Å². The number of imidazole rings is 1. The van der Waals surface area contributed by atoms with Crippen molar-refractivity contribution < 1.29 is 29.0 Å². The Morgan fingerprint density at radius 2 is 2.00 bits per heavy atom. The molecule has 2 aromatic rings. The predicted octanol–water partition coefficient (Wildman–Crippen LogP) is 1.05. The Morgan fingerprint density at radius 3 is 2.71 bits per heavy atom. The van der Waals surface area contributed by atoms with Crippen LogP contribution in [0.15, 0.2) is 35.6 Å². The van der Waals surface area contributed by atoms with Gasteiger partial charge in [0.15, 0.2) is 5.16 Å². The second-order valence-electron chi connectivity index (χ2n) is 6.22. The summed E-state index contributed by atoms with van der Waals surface area (Å²) >= 11 is 1.11. The number of esters is 1. The SMILES string of the molecule is CCOC(=O)c1ccccc1NC(=O)CSc1ncc(CO)n1CC(=O)NCCOC. The van der Waals surface area contributed by atoms with E-state index in [4.69, 9.17) is 9.47 Å². The molecule has 0 atom stereocenters. The summed E-state index contributed by atoms with van der Waals surface area (Å²) in [6.45, 7) is 2.34. The number of anilines is 1. The van der Waals surface area contributed by atoms with Crippen molar-refractivity contribution in [1.29, 1.82) is 0 Å². The minimum absolute atomic E-state index is 0.00959. The number of rotatable bonds is 12. The Kier molecular flexibility index (Phi) is 10.0. The smallest absolute Gasteiger partial charge is 0.340 e. The van der Waals surface area contributed by atoms with Crippen LogP contribution in [-0.4, -0.2) is 65.1 Å². The topological polar surface area (TPSA) is 132 Å². The monoisotopic (exact) mass is 450 g/mol. The molecule has 10 nitrogen and oxygen atoms in total. The lowest BCUT2D eigenvalue weighted by atomic mass is 10.2. The quantitative estimate of drug-likeness (QED) is 0.248. The molecule has 0 aliphatic heterocycles. The molecular weight excluding hydrogens is 424 g/mol. The van der Waals surface area contributed by atoms with Crippen LogP contribution in [0.3, 0.4) is 0 Å². The number of thioether (sulfide) groups is 1. The number of methoxy groups -OCH3 is 1. The van der Waals surface area contributed by atoms with Gasteiger partial charge in [-0.05, 0) is 19.1 Å². The second kappa shape index (κ2) is 12.7. The van der Waals surface area contributed by atoms with Gasteiger partial charge in [0.2, 0.25) is 11.8 Å². The summed E-state index contributed by atoms with van der Waals surface area (Å²) in [4.78, 5) is 40.8. The molecule has 0 saturated heterocycles. The van der Waals surface area contributed by atoms with E-state index in [1.54, 1.807) is 35.8 Å². The van der Waals surface area contributed by atoms with E-state index in [1.165, 1.54) is 13.3 Å². The highest BCUT2D eigenvalue weighted by Crippen LogP contribution is 2.21. The van der Waals surface area contributed by atoms with E-state index in [9.17, 15) is 19.5 Å². The largest absolute Gasteiger partial charge is 0.462 e. The van der Waals surface area contributed by atoms with Crippen molar-refractivity contribution in [3.8, 4) is 0 Å². The van der Waals surface area contributed by atoms with E-state index in [1.807, 2.05) is 0 Å². The van der Waals surface area contributed by atoms with Gasteiger partial charge in [-0.25, -0.2) is 9.78 Å². The van der Waals surface area contributed by atoms with Gasteiger partial charge in [0.05, 0.1) is 48.7 Å². The van der Waals surface area contributed by atoms with Crippen LogP contribution in [0.25, 0.3) is 0 Å². The zero-order chi connectivity index (χ0) is 22.6. The van der Waals surface area contributed by atoms with Crippen LogP contribution >= 0.6 is 11.8 Å². The first kappa shape index (κ1) is 24.4. The van der Waals surface area contributed by atoms with Gasteiger partial charge in [-0.2, -0.15) is 0 Å². The molecule has 0 aliphatic carbocycles. The fourth-order valence-electron chi connectivity index (χ4n) is 2.59. The Labute approximate surface area is 184 Å². The van der Waals surface area contributed by atoms with Crippen molar-refractivity contribution in [2.75, 3.05) is 37.9 Å². The number of benzene rings is 1. The molecular formula is C20H26N4O6S. The second-order valence-corrected chi connectivity index (χ2v) is 7.16. The molecule has 0 radical (unpaired) electrons. The highest BCUT2D eigenvalue weighted by molar-refractivity contribution is 7.99. The fraction of sp³-hybridized carbons (Fsp3) is 0.400. The normalized spacial score (nSPS) is 10.5. The molecule has 1 heterocycles. The van der Waals surface area contributed by atoms with Crippen molar-refractivity contribution >= 4 is 35.2 Å². The van der Waals surface area contributed by atoms with Gasteiger partial charge in [0.1, 0.15) is 6.54 Å². The number of aliphatic hydroxyl groups excluding tert-OH is 1. The zero-order valence-electron chi connectivity index (χ0n) is 17.4. The number of aromatic nitrogens is 2. The highest BCUT2D eigenvalue weighted by atomic mass is 32.2. The van der Waals surface area contributed by atoms with Gasteiger partial charge >= 0.3 is 5.97 Å². The van der Waals surface area contributed by atoms with Crippen LogP contribution in [0.1, 0.15) is 23.0 Å². The molecule has 1 aromatic heterocycles. The maximum absolute atomic E-state index is 12.4. The van der Waals surface area contributed by atoms with Gasteiger partial charge in [-0.1, -0.05) is 23.9 Å². The lowest BCUT2D eigenvalue weighted by Crippen LogP contribution is -2.31. The molecule has 0 bridgehead atoms. The maximum atomic E-state index is 12.4. The Hall–Kier alpha value is -2.89. The molecule has 11 heteroatoms. The van der Waals surface area contributed by atoms with Crippen LogP contribution in [0.5, 0.6) is 0 Å². The zero-order valence-corrected chi connectivity index (χ0v) is 18.2. The molecule has 0 fully saturated rings. The van der Waals surface area contributed by atoms with E-state index in [-0.39, 0.29) is 42.9 Å². The standard InChI is InChI=1S/C20H26N4O6S/c1-3-30-19(28)15-6-4-5-7-16(15)23-18(27)13-31-20-22-10-14(12-25)24(20)11-17(26)21-8-9-29-2/h4-7,10,25H,3,8-9,11-13H2,1-2H3,(H,21,26)(H,23,27). The van der Waals surface area contributed by atoms with Gasteiger partial charge in [0, 0.05) is 13.7 Å². The molecule has 2 rings (SSSR count). The fourth-order valence-corrected chi connectivity index (χ4v) is 3.39. The van der Waals surface area contributed by atoms with E-state index in [0.29, 0.717) is 29.7 Å². The average molecular weight is 451 g/mol. The summed E-state index contributed by atoms with van der Waals surface area (Å²) in [6, 6.07) is 6.57. The number of nitrogens with zero attached hydrogens (tertiary/aromatic N) is 2. The summed E-state index contributed by atoms with van der Waals surface area (Å²) in [5, 5.41) is 15.3. The number of hydrogen-bond donors (Lipinski definition) is 3. The number of carbonyl (C=O) groups excluding carboxylic acids is 3. The lowest BCUT2D eigenvalue weighted by Gasteiger charge is -2.12. The van der Waals surface area contributed by atoms with E-state index >= 15 is 0 Å². The maximum Gasteiger partial charge on any atom is 0.340 e. The average Bonchev–Trinajstić information content (AvgIpc) is 3.14. The number of carbonyl (C=O) groups is 3. The van der Waals surface area contributed by atoms with E-state index in [0.717, 1.165) is 11.8 Å². The van der Waals surface area contributed by atoms with E-state index in [2.05, 4.69) is 15.6 Å². The predicted molar refractivity (Wildman–Crippen MR) is 115 cm³/mol.